The summed E-state index contributed by atoms with van der Waals surface area (Å²) in [6, 6.07) is 0. The Bertz CT molecular complexity index is 613. The van der Waals surface area contributed by atoms with Crippen LogP contribution in [-0.2, 0) is 19.0 Å². The van der Waals surface area contributed by atoms with Crippen LogP contribution < -0.4 is 17.0 Å². The topological polar surface area (TPSA) is 126 Å². The number of hydrogen-bond donors (Lipinski definition) is 2. The molecule has 0 amide bonds. The lowest BCUT2D eigenvalue weighted by atomic mass is 10.4. The fourth-order valence-electron chi connectivity index (χ4n) is 1.70. The summed E-state index contributed by atoms with van der Waals surface area (Å²) in [4.78, 5) is 36.0. The van der Waals surface area contributed by atoms with E-state index in [2.05, 4.69) is 4.98 Å². The first-order valence-electron chi connectivity index (χ1n) is 5.96. The van der Waals surface area contributed by atoms with Gasteiger partial charge in [0.2, 0.25) is 0 Å². The Balaban J connectivity index is 0.00000220. The number of hydrogen-bond acceptors (Lipinski definition) is 7. The normalized spacial score (nSPS) is 20.9. The zero-order valence-electron chi connectivity index (χ0n) is 11.2. The molecule has 0 saturated carbocycles. The molecule has 0 aromatic carbocycles. The molecule has 10 heteroatoms. The first kappa shape index (κ1) is 17.4. The van der Waals surface area contributed by atoms with Crippen LogP contribution in [0.3, 0.4) is 0 Å². The Hall–Kier alpha value is -1.68. The molecule has 2 rings (SSSR count). The Morgan fingerprint density at radius 3 is 2.95 bits per heavy atom. The number of nitrogens with zero attached hydrogens (tertiary/aromatic N) is 1. The van der Waals surface area contributed by atoms with Crippen molar-refractivity contribution >= 4 is 18.4 Å². The average Bonchev–Trinajstić information content (AvgIpc) is 2.88. The number of carbonyl (C=O) groups excluding carboxylic acids is 1. The van der Waals surface area contributed by atoms with E-state index in [4.69, 9.17) is 19.9 Å². The van der Waals surface area contributed by atoms with E-state index in [1.54, 1.807) is 6.92 Å². The van der Waals surface area contributed by atoms with Gasteiger partial charge in [-0.05, 0) is 6.92 Å². The van der Waals surface area contributed by atoms with Gasteiger partial charge in [-0.2, -0.15) is 0 Å². The van der Waals surface area contributed by atoms with Crippen molar-refractivity contribution < 1.29 is 19.0 Å². The molecule has 0 unspecified atom stereocenters. The van der Waals surface area contributed by atoms with Gasteiger partial charge in [0.1, 0.15) is 6.61 Å². The highest BCUT2D eigenvalue weighted by molar-refractivity contribution is 5.85. The van der Waals surface area contributed by atoms with Gasteiger partial charge in [0.05, 0.1) is 13.2 Å². The van der Waals surface area contributed by atoms with E-state index in [0.717, 1.165) is 0 Å². The number of ether oxygens (including phenoxy) is 3. The lowest BCUT2D eigenvalue weighted by Gasteiger charge is -2.13. The summed E-state index contributed by atoms with van der Waals surface area (Å²) in [5, 5.41) is 0. The van der Waals surface area contributed by atoms with Crippen molar-refractivity contribution in [3.05, 3.63) is 32.6 Å². The highest BCUT2D eigenvalue weighted by Crippen LogP contribution is 2.19. The summed E-state index contributed by atoms with van der Waals surface area (Å²) < 4.78 is 16.7. The fourth-order valence-corrected chi connectivity index (χ4v) is 1.70. The molecular weight excluding hydrogens is 306 g/mol. The van der Waals surface area contributed by atoms with Crippen LogP contribution in [0.5, 0.6) is 0 Å². The van der Waals surface area contributed by atoms with Crippen molar-refractivity contribution in [1.29, 1.82) is 0 Å². The molecule has 1 aliphatic heterocycles. The molecule has 0 aliphatic carbocycles. The minimum absolute atomic E-state index is 0. The number of aromatic nitrogens is 2. The van der Waals surface area contributed by atoms with Gasteiger partial charge in [-0.1, -0.05) is 0 Å². The van der Waals surface area contributed by atoms with E-state index in [9.17, 15) is 14.4 Å². The maximum absolute atomic E-state index is 11.7. The summed E-state index contributed by atoms with van der Waals surface area (Å²) >= 11 is 0. The molecule has 3 N–H and O–H groups in total. The maximum atomic E-state index is 11.7. The van der Waals surface area contributed by atoms with Gasteiger partial charge in [-0.15, -0.1) is 12.4 Å². The summed E-state index contributed by atoms with van der Waals surface area (Å²) in [6.45, 7) is 1.35. The first-order chi connectivity index (χ1) is 9.51. The summed E-state index contributed by atoms with van der Waals surface area (Å²) in [6.07, 6.45) is -0.0574. The number of rotatable bonds is 4. The lowest BCUT2D eigenvalue weighted by Crippen LogP contribution is -2.34. The highest BCUT2D eigenvalue weighted by atomic mass is 35.5. The monoisotopic (exact) mass is 321 g/mol. The number of nitrogens with two attached hydrogens (primary N) is 1. The Morgan fingerprint density at radius 1 is 1.57 bits per heavy atom. The van der Waals surface area contributed by atoms with Gasteiger partial charge in [0.15, 0.2) is 12.5 Å². The van der Waals surface area contributed by atoms with Crippen molar-refractivity contribution in [2.45, 2.75) is 19.4 Å². The number of aryl methyl sites for hydroxylation is 1. The van der Waals surface area contributed by atoms with Crippen molar-refractivity contribution in [2.75, 3.05) is 19.8 Å². The molecule has 118 valence electrons. The molecule has 1 saturated heterocycles. The van der Waals surface area contributed by atoms with E-state index in [1.165, 1.54) is 10.8 Å². The standard InChI is InChI=1S/C11H15N3O6.ClH/c1-6-3-14(11(17)13-10(6)16)7-4-19-9(20-7)5-18-8(15)2-12;/h3,7,9H,2,4-5,12H2,1H3,(H,13,16,17);1H/t7-,9-;/m1./s1. The van der Waals surface area contributed by atoms with Crippen LogP contribution in [0.2, 0.25) is 0 Å². The van der Waals surface area contributed by atoms with E-state index in [-0.39, 0.29) is 32.2 Å². The number of carbonyl (C=O) groups is 1. The summed E-state index contributed by atoms with van der Waals surface area (Å²) in [5.41, 5.74) is 4.44. The zero-order chi connectivity index (χ0) is 14.7. The summed E-state index contributed by atoms with van der Waals surface area (Å²) in [7, 11) is 0. The van der Waals surface area contributed by atoms with E-state index < -0.39 is 29.7 Å². The molecule has 1 fully saturated rings. The molecule has 0 radical (unpaired) electrons. The molecule has 1 aliphatic rings. The SMILES string of the molecule is Cc1cn([C@H]2CO[C@@H](COC(=O)CN)O2)c(=O)[nH]c1=O.Cl. The second kappa shape index (κ2) is 7.36. The predicted octanol–water partition coefficient (Wildman–Crippen LogP) is -1.36. The van der Waals surface area contributed by atoms with Crippen LogP contribution in [0.1, 0.15) is 11.8 Å². The van der Waals surface area contributed by atoms with Crippen molar-refractivity contribution in [3.8, 4) is 0 Å². The fraction of sp³-hybridized carbons (Fsp3) is 0.545. The Labute approximate surface area is 125 Å². The molecule has 1 aromatic heterocycles. The number of aromatic amines is 1. The third-order valence-corrected chi connectivity index (χ3v) is 2.74. The van der Waals surface area contributed by atoms with Gasteiger partial charge < -0.3 is 19.9 Å². The average molecular weight is 322 g/mol. The molecule has 0 spiro atoms. The second-order valence-electron chi connectivity index (χ2n) is 4.22. The smallest absolute Gasteiger partial charge is 0.330 e. The number of nitrogens with one attached hydrogen (secondary N) is 1. The van der Waals surface area contributed by atoms with Crippen LogP contribution in [-0.4, -0.2) is 41.6 Å². The minimum atomic E-state index is -0.769. The predicted molar refractivity (Wildman–Crippen MR) is 73.2 cm³/mol. The number of esters is 1. The van der Waals surface area contributed by atoms with Gasteiger partial charge in [0, 0.05) is 11.8 Å². The highest BCUT2D eigenvalue weighted by Gasteiger charge is 2.29. The van der Waals surface area contributed by atoms with Gasteiger partial charge >= 0.3 is 11.7 Å². The molecule has 0 bridgehead atoms. The molecule has 2 heterocycles. The zero-order valence-corrected chi connectivity index (χ0v) is 12.1. The molecular formula is C11H16ClN3O6. The molecule has 9 nitrogen and oxygen atoms in total. The largest absolute Gasteiger partial charge is 0.459 e. The maximum Gasteiger partial charge on any atom is 0.330 e. The third kappa shape index (κ3) is 4.14. The van der Waals surface area contributed by atoms with E-state index in [0.29, 0.717) is 5.56 Å². The van der Waals surface area contributed by atoms with Gasteiger partial charge in [0.25, 0.3) is 5.56 Å². The van der Waals surface area contributed by atoms with Crippen molar-refractivity contribution in [1.82, 2.24) is 9.55 Å². The lowest BCUT2D eigenvalue weighted by molar-refractivity contribution is -0.157. The number of H-pyrrole nitrogens is 1. The van der Waals surface area contributed by atoms with Crippen LogP contribution in [0.15, 0.2) is 15.8 Å². The van der Waals surface area contributed by atoms with Crippen molar-refractivity contribution in [3.63, 3.8) is 0 Å². The first-order valence-corrected chi connectivity index (χ1v) is 5.96. The minimum Gasteiger partial charge on any atom is -0.459 e. The van der Waals surface area contributed by atoms with E-state index >= 15 is 0 Å². The Morgan fingerprint density at radius 2 is 2.29 bits per heavy atom. The van der Waals surface area contributed by atoms with Crippen LogP contribution >= 0.6 is 12.4 Å². The van der Waals surface area contributed by atoms with Crippen LogP contribution in [0.25, 0.3) is 0 Å². The van der Waals surface area contributed by atoms with Gasteiger partial charge in [-0.3, -0.25) is 19.1 Å². The quantitative estimate of drug-likeness (QED) is 0.656. The van der Waals surface area contributed by atoms with E-state index in [1.807, 2.05) is 0 Å². The molecule has 21 heavy (non-hydrogen) atoms. The van der Waals surface area contributed by atoms with Gasteiger partial charge in [-0.25, -0.2) is 4.79 Å². The van der Waals surface area contributed by atoms with Crippen LogP contribution in [0.4, 0.5) is 0 Å². The number of halogens is 1. The van der Waals surface area contributed by atoms with Crippen molar-refractivity contribution in [2.24, 2.45) is 5.73 Å². The Kier molecular flexibility index (Phi) is 6.09. The molecule has 2 atom stereocenters. The van der Waals surface area contributed by atoms with Crippen LogP contribution in [0, 0.1) is 6.92 Å². The summed E-state index contributed by atoms with van der Waals surface area (Å²) in [5.74, 6) is -0.572. The molecule has 1 aromatic rings. The third-order valence-electron chi connectivity index (χ3n) is 2.74. The second-order valence-corrected chi connectivity index (χ2v) is 4.22.